The number of ether oxygens (including phenoxy) is 1. The van der Waals surface area contributed by atoms with Crippen molar-refractivity contribution < 1.29 is 4.74 Å². The molecule has 0 saturated heterocycles. The second-order valence-corrected chi connectivity index (χ2v) is 2.91. The quantitative estimate of drug-likeness (QED) is 0.805. The lowest BCUT2D eigenvalue weighted by Crippen LogP contribution is -2.08. The third-order valence-corrected chi connectivity index (χ3v) is 2.04. The maximum absolute atomic E-state index is 5.54. The first-order valence-electron chi connectivity index (χ1n) is 5.12. The summed E-state index contributed by atoms with van der Waals surface area (Å²) < 4.78 is 5.05. The molecule has 0 amide bonds. The molecule has 14 heavy (non-hydrogen) atoms. The summed E-state index contributed by atoms with van der Waals surface area (Å²) in [7, 11) is 1.67. The zero-order valence-electron chi connectivity index (χ0n) is 9.58. The van der Waals surface area contributed by atoms with E-state index in [9.17, 15) is 0 Å². The van der Waals surface area contributed by atoms with E-state index in [1.54, 1.807) is 7.11 Å². The van der Waals surface area contributed by atoms with E-state index in [-0.39, 0.29) is 0 Å². The topological polar surface area (TPSA) is 35.2 Å². The van der Waals surface area contributed by atoms with Crippen LogP contribution in [0, 0.1) is 0 Å². The Bertz CT molecular complexity index is 231. The van der Waals surface area contributed by atoms with Gasteiger partial charge in [-0.05, 0) is 30.2 Å². The average Bonchev–Trinajstić information content (AvgIpc) is 2.31. The molecule has 0 aliphatic heterocycles. The summed E-state index contributed by atoms with van der Waals surface area (Å²) in [6.45, 7) is 6.80. The maximum Gasteiger partial charge on any atom is 0.118 e. The first-order valence-corrected chi connectivity index (χ1v) is 5.12. The van der Waals surface area contributed by atoms with Gasteiger partial charge in [0.05, 0.1) is 7.11 Å². The Hall–Kier alpha value is -1.02. The number of hydrogen-bond acceptors (Lipinski definition) is 2. The molecule has 1 atom stereocenters. The summed E-state index contributed by atoms with van der Waals surface area (Å²) in [5.41, 5.74) is 6.81. The van der Waals surface area contributed by atoms with E-state index in [0.29, 0.717) is 12.5 Å². The van der Waals surface area contributed by atoms with E-state index in [1.165, 1.54) is 5.56 Å². The van der Waals surface area contributed by atoms with E-state index in [2.05, 4.69) is 19.1 Å². The molecule has 0 fully saturated rings. The van der Waals surface area contributed by atoms with Crippen molar-refractivity contribution in [2.24, 2.45) is 5.73 Å². The molecule has 0 aromatic heterocycles. The molecule has 1 unspecified atom stereocenters. The third-order valence-electron chi connectivity index (χ3n) is 2.04. The standard InChI is InChI=1S/C10H15NO.C2H6/c1-8(7-11)9-3-5-10(12-2)6-4-9;1-2/h3-6,8H,7,11H2,1-2H3;1-2H3. The van der Waals surface area contributed by atoms with Gasteiger partial charge in [-0.15, -0.1) is 0 Å². The minimum Gasteiger partial charge on any atom is -0.497 e. The normalized spacial score (nSPS) is 11.2. The number of nitrogens with two attached hydrogens (primary N) is 1. The van der Waals surface area contributed by atoms with Crippen molar-refractivity contribution in [3.05, 3.63) is 29.8 Å². The van der Waals surface area contributed by atoms with Gasteiger partial charge in [0.1, 0.15) is 5.75 Å². The summed E-state index contributed by atoms with van der Waals surface area (Å²) in [4.78, 5) is 0. The largest absolute Gasteiger partial charge is 0.497 e. The van der Waals surface area contributed by atoms with Crippen LogP contribution in [0.15, 0.2) is 24.3 Å². The highest BCUT2D eigenvalue weighted by molar-refractivity contribution is 5.29. The van der Waals surface area contributed by atoms with Gasteiger partial charge in [-0.3, -0.25) is 0 Å². The van der Waals surface area contributed by atoms with Crippen molar-refractivity contribution in [1.29, 1.82) is 0 Å². The molecule has 0 aliphatic carbocycles. The highest BCUT2D eigenvalue weighted by atomic mass is 16.5. The van der Waals surface area contributed by atoms with Crippen LogP contribution in [0.25, 0.3) is 0 Å². The molecule has 2 nitrogen and oxygen atoms in total. The lowest BCUT2D eigenvalue weighted by molar-refractivity contribution is 0.414. The van der Waals surface area contributed by atoms with Gasteiger partial charge in [0, 0.05) is 0 Å². The molecule has 2 heteroatoms. The van der Waals surface area contributed by atoms with Crippen LogP contribution in [0.2, 0.25) is 0 Å². The molecule has 0 heterocycles. The number of hydrogen-bond donors (Lipinski definition) is 1. The van der Waals surface area contributed by atoms with Crippen LogP contribution in [0.3, 0.4) is 0 Å². The summed E-state index contributed by atoms with van der Waals surface area (Å²) in [5.74, 6) is 1.32. The van der Waals surface area contributed by atoms with Crippen LogP contribution in [0.5, 0.6) is 5.75 Å². The lowest BCUT2D eigenvalue weighted by Gasteiger charge is -2.08. The zero-order valence-corrected chi connectivity index (χ0v) is 9.58. The average molecular weight is 195 g/mol. The fourth-order valence-corrected chi connectivity index (χ4v) is 1.07. The van der Waals surface area contributed by atoms with Gasteiger partial charge in [0.25, 0.3) is 0 Å². The van der Waals surface area contributed by atoms with Crippen molar-refractivity contribution in [3.8, 4) is 5.75 Å². The number of rotatable bonds is 3. The molecular formula is C12H21NO. The van der Waals surface area contributed by atoms with Crippen molar-refractivity contribution in [3.63, 3.8) is 0 Å². The smallest absolute Gasteiger partial charge is 0.118 e. The van der Waals surface area contributed by atoms with Crippen molar-refractivity contribution in [2.45, 2.75) is 26.7 Å². The van der Waals surface area contributed by atoms with Crippen LogP contribution in [0.1, 0.15) is 32.3 Å². The van der Waals surface area contributed by atoms with Crippen LogP contribution >= 0.6 is 0 Å². The first kappa shape index (κ1) is 13.0. The predicted octanol–water partition coefficient (Wildman–Crippen LogP) is 2.78. The number of methoxy groups -OCH3 is 1. The predicted molar refractivity (Wildman–Crippen MR) is 61.8 cm³/mol. The zero-order chi connectivity index (χ0) is 11.0. The Balaban J connectivity index is 0.000000791. The van der Waals surface area contributed by atoms with Gasteiger partial charge in [-0.25, -0.2) is 0 Å². The van der Waals surface area contributed by atoms with Crippen molar-refractivity contribution >= 4 is 0 Å². The number of benzene rings is 1. The Morgan fingerprint density at radius 1 is 1.21 bits per heavy atom. The minimum absolute atomic E-state index is 0.427. The van der Waals surface area contributed by atoms with Crippen LogP contribution in [-0.4, -0.2) is 13.7 Å². The fourth-order valence-electron chi connectivity index (χ4n) is 1.07. The van der Waals surface area contributed by atoms with Gasteiger partial charge < -0.3 is 10.5 Å². The second-order valence-electron chi connectivity index (χ2n) is 2.91. The van der Waals surface area contributed by atoms with E-state index in [4.69, 9.17) is 10.5 Å². The van der Waals surface area contributed by atoms with E-state index < -0.39 is 0 Å². The van der Waals surface area contributed by atoms with Gasteiger partial charge >= 0.3 is 0 Å². The molecule has 1 aromatic carbocycles. The molecule has 80 valence electrons. The minimum atomic E-state index is 0.427. The SMILES string of the molecule is CC.COc1ccc(C(C)CN)cc1. The van der Waals surface area contributed by atoms with Gasteiger partial charge in [0.15, 0.2) is 0 Å². The van der Waals surface area contributed by atoms with E-state index >= 15 is 0 Å². The Labute approximate surface area is 87.1 Å². The summed E-state index contributed by atoms with van der Waals surface area (Å²) in [6.07, 6.45) is 0. The second kappa shape index (κ2) is 7.39. The van der Waals surface area contributed by atoms with Crippen LogP contribution in [-0.2, 0) is 0 Å². The summed E-state index contributed by atoms with van der Waals surface area (Å²) >= 11 is 0. The molecule has 0 bridgehead atoms. The monoisotopic (exact) mass is 195 g/mol. The molecule has 0 radical (unpaired) electrons. The Morgan fingerprint density at radius 3 is 2.07 bits per heavy atom. The van der Waals surface area contributed by atoms with Crippen LogP contribution < -0.4 is 10.5 Å². The summed E-state index contributed by atoms with van der Waals surface area (Å²) in [6, 6.07) is 8.02. The van der Waals surface area contributed by atoms with Gasteiger partial charge in [0.2, 0.25) is 0 Å². The molecule has 0 saturated carbocycles. The molecule has 0 aliphatic rings. The first-order chi connectivity index (χ1) is 6.77. The summed E-state index contributed by atoms with van der Waals surface area (Å²) in [5, 5.41) is 0. The Morgan fingerprint density at radius 2 is 1.71 bits per heavy atom. The fraction of sp³-hybridized carbons (Fsp3) is 0.500. The van der Waals surface area contributed by atoms with E-state index in [1.807, 2.05) is 26.0 Å². The highest BCUT2D eigenvalue weighted by Gasteiger charge is 2.01. The van der Waals surface area contributed by atoms with Gasteiger partial charge in [-0.1, -0.05) is 32.9 Å². The third kappa shape index (κ3) is 3.79. The lowest BCUT2D eigenvalue weighted by atomic mass is 10.0. The molecule has 1 aromatic rings. The molecule has 2 N–H and O–H groups in total. The van der Waals surface area contributed by atoms with Crippen LogP contribution in [0.4, 0.5) is 0 Å². The maximum atomic E-state index is 5.54. The molecular weight excluding hydrogens is 174 g/mol. The van der Waals surface area contributed by atoms with Crippen molar-refractivity contribution in [1.82, 2.24) is 0 Å². The van der Waals surface area contributed by atoms with E-state index in [0.717, 1.165) is 5.75 Å². The Kier molecular flexibility index (Phi) is 6.85. The highest BCUT2D eigenvalue weighted by Crippen LogP contribution is 2.17. The van der Waals surface area contributed by atoms with Crippen molar-refractivity contribution in [2.75, 3.05) is 13.7 Å². The van der Waals surface area contributed by atoms with Gasteiger partial charge in [-0.2, -0.15) is 0 Å². The molecule has 0 spiro atoms. The molecule has 1 rings (SSSR count).